The van der Waals surface area contributed by atoms with E-state index in [-0.39, 0.29) is 6.61 Å². The van der Waals surface area contributed by atoms with Crippen LogP contribution >= 0.6 is 0 Å². The van der Waals surface area contributed by atoms with E-state index < -0.39 is 10.0 Å². The van der Waals surface area contributed by atoms with Crippen LogP contribution in [0, 0.1) is 0 Å². The Bertz CT molecular complexity index is 434. The van der Waals surface area contributed by atoms with E-state index in [0.29, 0.717) is 26.1 Å². The smallest absolute Gasteiger partial charge is 0.208 e. The average molecular weight is 272 g/mol. The van der Waals surface area contributed by atoms with Crippen molar-refractivity contribution in [2.24, 2.45) is 0 Å². The van der Waals surface area contributed by atoms with Crippen molar-refractivity contribution in [2.45, 2.75) is 6.42 Å². The van der Waals surface area contributed by atoms with Gasteiger partial charge in [0.25, 0.3) is 0 Å². The van der Waals surface area contributed by atoms with Crippen molar-refractivity contribution in [3.63, 3.8) is 0 Å². The topological polar surface area (TPSA) is 69.6 Å². The van der Waals surface area contributed by atoms with E-state index in [1.54, 1.807) is 0 Å². The van der Waals surface area contributed by atoms with Crippen molar-refractivity contribution in [3.8, 4) is 0 Å². The minimum absolute atomic E-state index is 0.0778. The highest BCUT2D eigenvalue weighted by atomic mass is 32.2. The fraction of sp³-hybridized carbons (Fsp3) is 0.500. The molecule has 0 unspecified atom stereocenters. The monoisotopic (exact) mass is 272 g/mol. The average Bonchev–Trinajstić information content (AvgIpc) is 2.33. The minimum Gasteiger partial charge on any atom is -0.395 e. The molecule has 0 saturated heterocycles. The van der Waals surface area contributed by atoms with Crippen LogP contribution in [-0.4, -0.2) is 46.0 Å². The lowest BCUT2D eigenvalue weighted by Gasteiger charge is -2.23. The molecule has 18 heavy (non-hydrogen) atoms. The molecule has 102 valence electrons. The molecule has 2 N–H and O–H groups in total. The highest BCUT2D eigenvalue weighted by Gasteiger charge is 2.05. The summed E-state index contributed by atoms with van der Waals surface area (Å²) in [6.45, 7) is 1.73. The van der Waals surface area contributed by atoms with Crippen LogP contribution in [0.2, 0.25) is 0 Å². The van der Waals surface area contributed by atoms with Gasteiger partial charge in [-0.3, -0.25) is 0 Å². The summed E-state index contributed by atoms with van der Waals surface area (Å²) in [5.41, 5.74) is 1.03. The van der Waals surface area contributed by atoms with E-state index >= 15 is 0 Å². The fourth-order valence-corrected chi connectivity index (χ4v) is 2.17. The first-order valence-corrected chi connectivity index (χ1v) is 7.77. The fourth-order valence-electron chi connectivity index (χ4n) is 1.66. The molecular weight excluding hydrogens is 252 g/mol. The first-order valence-electron chi connectivity index (χ1n) is 5.88. The number of benzene rings is 1. The molecule has 0 fully saturated rings. The van der Waals surface area contributed by atoms with Gasteiger partial charge in [0, 0.05) is 25.3 Å². The zero-order valence-corrected chi connectivity index (χ0v) is 11.4. The highest BCUT2D eigenvalue weighted by molar-refractivity contribution is 7.88. The van der Waals surface area contributed by atoms with Crippen LogP contribution in [0.5, 0.6) is 0 Å². The van der Waals surface area contributed by atoms with Gasteiger partial charge in [-0.1, -0.05) is 18.2 Å². The van der Waals surface area contributed by atoms with Crippen LogP contribution in [0.25, 0.3) is 0 Å². The van der Waals surface area contributed by atoms with Crippen LogP contribution < -0.4 is 9.62 Å². The number of anilines is 1. The maximum absolute atomic E-state index is 10.9. The molecule has 0 heterocycles. The second-order valence-corrected chi connectivity index (χ2v) is 5.90. The Kier molecular flexibility index (Phi) is 6.11. The van der Waals surface area contributed by atoms with Crippen molar-refractivity contribution < 1.29 is 13.5 Å². The number of sulfonamides is 1. The van der Waals surface area contributed by atoms with Gasteiger partial charge in [0.05, 0.1) is 12.9 Å². The Morgan fingerprint density at radius 3 is 2.44 bits per heavy atom. The van der Waals surface area contributed by atoms with Crippen molar-refractivity contribution in [3.05, 3.63) is 30.3 Å². The first-order chi connectivity index (χ1) is 8.53. The molecule has 0 radical (unpaired) electrons. The summed E-state index contributed by atoms with van der Waals surface area (Å²) in [4.78, 5) is 2.03. The summed E-state index contributed by atoms with van der Waals surface area (Å²) < 4.78 is 24.3. The molecule has 0 aliphatic rings. The lowest BCUT2D eigenvalue weighted by Crippen LogP contribution is -2.31. The third kappa shape index (κ3) is 6.00. The molecule has 6 heteroatoms. The van der Waals surface area contributed by atoms with Gasteiger partial charge < -0.3 is 10.0 Å². The molecule has 1 rings (SSSR count). The van der Waals surface area contributed by atoms with E-state index in [2.05, 4.69) is 4.72 Å². The van der Waals surface area contributed by atoms with Gasteiger partial charge in [0.2, 0.25) is 10.0 Å². The quantitative estimate of drug-likeness (QED) is 0.673. The van der Waals surface area contributed by atoms with E-state index in [4.69, 9.17) is 5.11 Å². The predicted octanol–water partition coefficient (Wildman–Crippen LogP) is 0.425. The number of nitrogens with one attached hydrogen (secondary N) is 1. The predicted molar refractivity (Wildman–Crippen MR) is 73.2 cm³/mol. The van der Waals surface area contributed by atoms with Crippen molar-refractivity contribution in [1.82, 2.24) is 4.72 Å². The molecule has 0 aliphatic carbocycles. The number of aliphatic hydroxyl groups is 1. The molecular formula is C12H20N2O3S. The Morgan fingerprint density at radius 2 is 1.89 bits per heavy atom. The molecule has 0 aliphatic heterocycles. The molecule has 0 amide bonds. The van der Waals surface area contributed by atoms with E-state index in [1.807, 2.05) is 35.2 Å². The second kappa shape index (κ2) is 7.35. The third-order valence-electron chi connectivity index (χ3n) is 2.46. The van der Waals surface area contributed by atoms with Crippen LogP contribution in [0.3, 0.4) is 0 Å². The molecule has 0 saturated carbocycles. The number of para-hydroxylation sites is 1. The van der Waals surface area contributed by atoms with Gasteiger partial charge in [-0.25, -0.2) is 13.1 Å². The van der Waals surface area contributed by atoms with Gasteiger partial charge in [-0.05, 0) is 18.6 Å². The number of rotatable bonds is 8. The third-order valence-corrected chi connectivity index (χ3v) is 3.19. The maximum Gasteiger partial charge on any atom is 0.208 e. The zero-order valence-electron chi connectivity index (χ0n) is 10.5. The van der Waals surface area contributed by atoms with E-state index in [1.165, 1.54) is 0 Å². The Hall–Kier alpha value is -1.11. The normalized spacial score (nSPS) is 11.4. The van der Waals surface area contributed by atoms with Gasteiger partial charge in [0.15, 0.2) is 0 Å². The van der Waals surface area contributed by atoms with Crippen LogP contribution in [0.1, 0.15) is 6.42 Å². The zero-order chi connectivity index (χ0) is 13.4. The number of aliphatic hydroxyl groups excluding tert-OH is 1. The number of nitrogens with zero attached hydrogens (tertiary/aromatic N) is 1. The lowest BCUT2D eigenvalue weighted by atomic mass is 10.2. The van der Waals surface area contributed by atoms with E-state index in [9.17, 15) is 8.42 Å². The number of hydrogen-bond acceptors (Lipinski definition) is 4. The standard InChI is InChI=1S/C12H20N2O3S/c1-18(16,17)13-8-5-9-14(10-11-15)12-6-3-2-4-7-12/h2-4,6-7,13,15H,5,8-11H2,1H3. The molecule has 0 aromatic heterocycles. The minimum atomic E-state index is -3.12. The van der Waals surface area contributed by atoms with Crippen LogP contribution in [0.4, 0.5) is 5.69 Å². The number of hydrogen-bond donors (Lipinski definition) is 2. The summed E-state index contributed by atoms with van der Waals surface area (Å²) in [6, 6.07) is 9.76. The van der Waals surface area contributed by atoms with Gasteiger partial charge in [-0.2, -0.15) is 0 Å². The second-order valence-electron chi connectivity index (χ2n) is 4.07. The highest BCUT2D eigenvalue weighted by Crippen LogP contribution is 2.12. The Morgan fingerprint density at radius 1 is 1.22 bits per heavy atom. The lowest BCUT2D eigenvalue weighted by molar-refractivity contribution is 0.301. The van der Waals surface area contributed by atoms with Crippen LogP contribution in [-0.2, 0) is 10.0 Å². The summed E-state index contributed by atoms with van der Waals surface area (Å²) >= 11 is 0. The Balaban J connectivity index is 2.44. The Labute approximate surface area is 108 Å². The maximum atomic E-state index is 10.9. The molecule has 5 nitrogen and oxygen atoms in total. The molecule has 0 spiro atoms. The SMILES string of the molecule is CS(=O)(=O)NCCCN(CCO)c1ccccc1. The van der Waals surface area contributed by atoms with Gasteiger partial charge in [0.1, 0.15) is 0 Å². The van der Waals surface area contributed by atoms with Gasteiger partial charge in [-0.15, -0.1) is 0 Å². The summed E-state index contributed by atoms with van der Waals surface area (Å²) in [5.74, 6) is 0. The van der Waals surface area contributed by atoms with Crippen molar-refractivity contribution in [2.75, 3.05) is 37.4 Å². The summed E-state index contributed by atoms with van der Waals surface area (Å²) in [7, 11) is -3.12. The van der Waals surface area contributed by atoms with Crippen molar-refractivity contribution >= 4 is 15.7 Å². The van der Waals surface area contributed by atoms with Crippen LogP contribution in [0.15, 0.2) is 30.3 Å². The molecule has 1 aromatic rings. The van der Waals surface area contributed by atoms with E-state index in [0.717, 1.165) is 11.9 Å². The summed E-state index contributed by atoms with van der Waals surface area (Å²) in [5, 5.41) is 9.03. The largest absolute Gasteiger partial charge is 0.395 e. The molecule has 0 bridgehead atoms. The molecule has 1 aromatic carbocycles. The van der Waals surface area contributed by atoms with Crippen molar-refractivity contribution in [1.29, 1.82) is 0 Å². The first kappa shape index (κ1) is 14.9. The molecule has 0 atom stereocenters. The summed E-state index contributed by atoms with van der Waals surface area (Å²) in [6.07, 6.45) is 1.84. The van der Waals surface area contributed by atoms with Gasteiger partial charge >= 0.3 is 0 Å².